The highest BCUT2D eigenvalue weighted by Gasteiger charge is 2.46. The van der Waals surface area contributed by atoms with Crippen molar-refractivity contribution < 1.29 is 14.4 Å². The number of amidine groups is 1. The number of carbonyl (C=O) groups is 3. The van der Waals surface area contributed by atoms with Crippen molar-refractivity contribution in [1.29, 1.82) is 0 Å². The molecule has 4 aliphatic rings. The van der Waals surface area contributed by atoms with E-state index in [0.29, 0.717) is 43.9 Å². The molecule has 0 aromatic heterocycles. The van der Waals surface area contributed by atoms with Crippen molar-refractivity contribution in [2.45, 2.75) is 50.6 Å². The molecule has 4 amide bonds. The third-order valence-corrected chi connectivity index (χ3v) is 7.21. The maximum absolute atomic E-state index is 13.2. The molecule has 19 nitrogen and oxygen atoms in total. The van der Waals surface area contributed by atoms with Gasteiger partial charge in [0.1, 0.15) is 12.1 Å². The number of hydrazine groups is 1. The fraction of sp³-hybridized carbons (Fsp3) is 0.545. The highest BCUT2D eigenvalue weighted by Crippen LogP contribution is 2.29. The number of hydrogen-bond acceptors (Lipinski definition) is 13. The third kappa shape index (κ3) is 7.11. The van der Waals surface area contributed by atoms with Gasteiger partial charge in [-0.3, -0.25) is 26.1 Å². The molecular weight excluding hydrogens is 572 g/mol. The highest BCUT2D eigenvalue weighted by molar-refractivity contribution is 6.30. The van der Waals surface area contributed by atoms with Crippen LogP contribution in [0.2, 0.25) is 0 Å². The Morgan fingerprint density at radius 2 is 1.88 bits per heavy atom. The van der Waals surface area contributed by atoms with Crippen molar-refractivity contribution in [3.8, 4) is 0 Å². The van der Waals surface area contributed by atoms with Crippen molar-refractivity contribution in [3.05, 3.63) is 34.5 Å². The largest absolute Gasteiger partial charge is 0.367 e. The molecule has 2 fully saturated rings. The second kappa shape index (κ2) is 13.1. The van der Waals surface area contributed by atoms with Crippen LogP contribution in [0, 0.1) is 0 Å². The van der Waals surface area contributed by atoms with Crippen molar-refractivity contribution in [2.75, 3.05) is 26.2 Å². The van der Waals surface area contributed by atoms with Crippen LogP contribution in [0.4, 0.5) is 4.79 Å². The Kier molecular flexibility index (Phi) is 9.55. The fourth-order valence-electron chi connectivity index (χ4n) is 4.91. The summed E-state index contributed by atoms with van der Waals surface area (Å²) in [5.74, 6) is 16.2. The van der Waals surface area contributed by atoms with Crippen LogP contribution in [-0.4, -0.2) is 83.7 Å². The molecule has 228 valence electrons. The zero-order valence-electron chi connectivity index (χ0n) is 23.1. The molecule has 0 aliphatic carbocycles. The molecule has 20 heteroatoms. The van der Waals surface area contributed by atoms with Crippen LogP contribution in [0.15, 0.2) is 60.2 Å². The molecule has 0 aromatic rings. The van der Waals surface area contributed by atoms with Gasteiger partial charge in [-0.2, -0.15) is 0 Å². The number of likely N-dealkylation sites (tertiary alicyclic amines) is 1. The minimum absolute atomic E-state index is 0.00144. The first-order valence-corrected chi connectivity index (χ1v) is 13.5. The third-order valence-electron chi connectivity index (χ3n) is 6.93. The molecule has 4 heterocycles. The summed E-state index contributed by atoms with van der Waals surface area (Å²) in [6.45, 7) is 5.42. The van der Waals surface area contributed by atoms with Crippen LogP contribution in [0.5, 0.6) is 0 Å². The van der Waals surface area contributed by atoms with E-state index in [1.54, 1.807) is 17.1 Å². The lowest BCUT2D eigenvalue weighted by molar-refractivity contribution is -0.128. The minimum Gasteiger partial charge on any atom is -0.367 e. The number of halogens is 1. The van der Waals surface area contributed by atoms with E-state index in [0.717, 1.165) is 0 Å². The zero-order chi connectivity index (χ0) is 30.4. The Morgan fingerprint density at radius 1 is 1.17 bits per heavy atom. The molecule has 0 saturated carbocycles. The second-order valence-electron chi connectivity index (χ2n) is 10.3. The van der Waals surface area contributed by atoms with E-state index < -0.39 is 23.8 Å². The number of nitrogens with zero attached hydrogens (tertiary/aromatic N) is 7. The number of nitrogens with two attached hydrogens (primary N) is 3. The van der Waals surface area contributed by atoms with Crippen LogP contribution in [0.1, 0.15) is 26.7 Å². The number of dihydropyridines is 1. The normalized spacial score (nSPS) is 24.3. The zero-order valence-corrected chi connectivity index (χ0v) is 23.9. The number of aliphatic imine (C=N–C) groups is 1. The van der Waals surface area contributed by atoms with Crippen molar-refractivity contribution in [2.24, 2.45) is 43.2 Å². The van der Waals surface area contributed by atoms with E-state index in [2.05, 4.69) is 57.6 Å². The molecule has 0 radical (unpaired) electrons. The highest BCUT2D eigenvalue weighted by atomic mass is 35.5. The number of piperidine rings is 1. The van der Waals surface area contributed by atoms with Gasteiger partial charge in [0.05, 0.1) is 0 Å². The Bertz CT molecular complexity index is 1270. The number of urea groups is 1. The average Bonchev–Trinajstić information content (AvgIpc) is 3.24. The number of amides is 4. The summed E-state index contributed by atoms with van der Waals surface area (Å²) in [5.41, 5.74) is 0.158. The van der Waals surface area contributed by atoms with E-state index in [-0.39, 0.29) is 41.3 Å². The van der Waals surface area contributed by atoms with Gasteiger partial charge in [0.25, 0.3) is 11.8 Å². The minimum atomic E-state index is -1.14. The Morgan fingerprint density at radius 3 is 2.50 bits per heavy atom. The molecule has 2 unspecified atom stereocenters. The number of nitrogens with one attached hydrogen (secondary N) is 6. The molecule has 0 aromatic carbocycles. The summed E-state index contributed by atoms with van der Waals surface area (Å²) in [5, 5.41) is 32.4. The summed E-state index contributed by atoms with van der Waals surface area (Å²) in [4.78, 5) is 44.0. The van der Waals surface area contributed by atoms with Gasteiger partial charge in [-0.1, -0.05) is 22.0 Å². The first kappa shape index (κ1) is 30.6. The van der Waals surface area contributed by atoms with Crippen LogP contribution in [-0.2, 0) is 9.59 Å². The van der Waals surface area contributed by atoms with Gasteiger partial charge >= 0.3 is 6.03 Å². The van der Waals surface area contributed by atoms with E-state index in [1.165, 1.54) is 5.01 Å². The molecule has 12 N–H and O–H groups in total. The summed E-state index contributed by atoms with van der Waals surface area (Å²) >= 11 is 6.12. The molecule has 0 bridgehead atoms. The molecule has 4 rings (SSSR count). The van der Waals surface area contributed by atoms with Crippen molar-refractivity contribution >= 4 is 35.3 Å². The van der Waals surface area contributed by atoms with Crippen LogP contribution in [0.3, 0.4) is 0 Å². The van der Waals surface area contributed by atoms with Gasteiger partial charge in [0, 0.05) is 43.3 Å². The van der Waals surface area contributed by atoms with Gasteiger partial charge in [-0.25, -0.2) is 14.8 Å². The lowest BCUT2D eigenvalue weighted by atomic mass is 9.88. The molecule has 2 saturated heterocycles. The summed E-state index contributed by atoms with van der Waals surface area (Å²) < 4.78 is 0. The standard InChI is InChI=1S/C22H35ClN16O3/c1-11(2)28-21(42)29-13-4-3-12(9-27-13)19(41)38-7-5-22(6-8-38)10-39(26)20(33-22)32-18(40)14-16(34-36-24)31-17(35-37-25)15(23)30-14/h3-4,11,14,20,27,30,33H,5-10,26H2,1-2H3,(H2,25,35)(H,32,40)(H2,24,31,34)(H2,28,29,42). The number of carbonyl (C=O) groups excluding carboxylic acids is 3. The van der Waals surface area contributed by atoms with E-state index in [4.69, 9.17) is 29.1 Å². The molecule has 2 atom stereocenters. The molecule has 1 spiro atoms. The molecule has 4 aliphatic heterocycles. The SMILES string of the molecule is CC(C)NC(=O)NC1=CC=C(C(=O)N2CCC3(CC2)CN(N)C(NC(=O)C2NC(Cl)=C(N=NN)N=C2N=NN)N3)CN1. The lowest BCUT2D eigenvalue weighted by Gasteiger charge is -2.39. The van der Waals surface area contributed by atoms with E-state index >= 15 is 0 Å². The van der Waals surface area contributed by atoms with Crippen LogP contribution < -0.4 is 49.4 Å². The first-order valence-electron chi connectivity index (χ1n) is 13.1. The molecular formula is C22H35ClN16O3. The summed E-state index contributed by atoms with van der Waals surface area (Å²) in [6.07, 6.45) is 3.86. The Labute approximate surface area is 246 Å². The maximum Gasteiger partial charge on any atom is 0.320 e. The van der Waals surface area contributed by atoms with E-state index in [9.17, 15) is 14.4 Å². The van der Waals surface area contributed by atoms with Gasteiger partial charge in [0.15, 0.2) is 17.0 Å². The van der Waals surface area contributed by atoms with Gasteiger partial charge in [0.2, 0.25) is 5.82 Å². The van der Waals surface area contributed by atoms with Crippen LogP contribution in [0.25, 0.3) is 0 Å². The smallest absolute Gasteiger partial charge is 0.320 e. The fourth-order valence-corrected chi connectivity index (χ4v) is 5.10. The number of rotatable bonds is 6. The van der Waals surface area contributed by atoms with E-state index in [1.807, 2.05) is 13.8 Å². The second-order valence-corrected chi connectivity index (χ2v) is 10.7. The maximum atomic E-state index is 13.2. The Hall–Kier alpha value is -4.33. The summed E-state index contributed by atoms with van der Waals surface area (Å²) in [7, 11) is 0. The lowest BCUT2D eigenvalue weighted by Crippen LogP contribution is -2.60. The Balaban J connectivity index is 1.32. The number of hydrogen-bond donors (Lipinski definition) is 9. The van der Waals surface area contributed by atoms with Gasteiger partial charge in [-0.05, 0) is 38.8 Å². The van der Waals surface area contributed by atoms with Gasteiger partial charge < -0.3 is 37.9 Å². The first-order chi connectivity index (χ1) is 20.0. The summed E-state index contributed by atoms with van der Waals surface area (Å²) in [6, 6.07) is -1.46. The molecule has 42 heavy (non-hydrogen) atoms. The van der Waals surface area contributed by atoms with Crippen LogP contribution >= 0.6 is 11.6 Å². The monoisotopic (exact) mass is 606 g/mol. The number of allylic oxidation sites excluding steroid dienone is 2. The predicted octanol–water partition coefficient (Wildman–Crippen LogP) is -2.01. The van der Waals surface area contributed by atoms with Crippen molar-refractivity contribution in [1.82, 2.24) is 41.8 Å². The average molecular weight is 607 g/mol. The quantitative estimate of drug-likeness (QED) is 0.0693. The topological polar surface area (TPSA) is 270 Å². The predicted molar refractivity (Wildman–Crippen MR) is 151 cm³/mol. The van der Waals surface area contributed by atoms with Crippen molar-refractivity contribution in [3.63, 3.8) is 0 Å². The van der Waals surface area contributed by atoms with Gasteiger partial charge in [-0.15, -0.1) is 10.2 Å².